The molecule has 0 unspecified atom stereocenters. The fraction of sp³-hybridized carbons (Fsp3) is 0.0556. The number of carbonyl (C=O) groups excluding carboxylic acids is 1. The van der Waals surface area contributed by atoms with E-state index in [1.54, 1.807) is 37.3 Å². The molecule has 0 saturated heterocycles. The van der Waals surface area contributed by atoms with Crippen molar-refractivity contribution in [1.29, 1.82) is 0 Å². The summed E-state index contributed by atoms with van der Waals surface area (Å²) in [6.45, 7) is 1.76. The molecule has 2 aromatic carbocycles. The second-order valence-corrected chi connectivity index (χ2v) is 5.70. The van der Waals surface area contributed by atoms with E-state index in [2.05, 4.69) is 4.98 Å². The number of aryl methyl sites for hydroxylation is 1. The van der Waals surface area contributed by atoms with Gasteiger partial charge in [0.15, 0.2) is 11.6 Å². The van der Waals surface area contributed by atoms with Crippen LogP contribution in [0.5, 0.6) is 11.5 Å². The Morgan fingerprint density at radius 2 is 1.92 bits per heavy atom. The number of nitrogens with two attached hydrogens (primary N) is 1. The van der Waals surface area contributed by atoms with Crippen molar-refractivity contribution in [1.82, 2.24) is 4.98 Å². The van der Waals surface area contributed by atoms with Crippen LogP contribution in [0.4, 0.5) is 4.39 Å². The van der Waals surface area contributed by atoms with Crippen LogP contribution in [0.25, 0.3) is 11.3 Å². The summed E-state index contributed by atoms with van der Waals surface area (Å²) in [7, 11) is 0. The molecule has 0 bridgehead atoms. The minimum absolute atomic E-state index is 0.0604. The number of H-pyrrole nitrogens is 1. The van der Waals surface area contributed by atoms with Gasteiger partial charge in [-0.05, 0) is 43.3 Å². The molecule has 0 aliphatic rings. The first-order valence-electron chi connectivity index (χ1n) is 7.17. The molecule has 0 radical (unpaired) electrons. The number of amides is 1. The van der Waals surface area contributed by atoms with Crippen LogP contribution < -0.4 is 10.5 Å². The Morgan fingerprint density at radius 3 is 2.58 bits per heavy atom. The zero-order valence-electron chi connectivity index (χ0n) is 12.8. The zero-order chi connectivity index (χ0) is 17.3. The summed E-state index contributed by atoms with van der Waals surface area (Å²) >= 11 is 5.75. The molecule has 0 aliphatic heterocycles. The first-order chi connectivity index (χ1) is 11.5. The maximum absolute atomic E-state index is 14.0. The zero-order valence-corrected chi connectivity index (χ0v) is 13.5. The topological polar surface area (TPSA) is 68.1 Å². The minimum Gasteiger partial charge on any atom is -0.454 e. The van der Waals surface area contributed by atoms with Crippen LogP contribution in [-0.2, 0) is 0 Å². The molecule has 24 heavy (non-hydrogen) atoms. The molecule has 3 N–H and O–H groups in total. The van der Waals surface area contributed by atoms with E-state index in [1.807, 2.05) is 6.07 Å². The van der Waals surface area contributed by atoms with Crippen molar-refractivity contribution in [2.24, 2.45) is 5.73 Å². The first-order valence-corrected chi connectivity index (χ1v) is 7.55. The summed E-state index contributed by atoms with van der Waals surface area (Å²) in [6, 6.07) is 13.0. The highest BCUT2D eigenvalue weighted by molar-refractivity contribution is 6.30. The van der Waals surface area contributed by atoms with Crippen LogP contribution in [-0.4, -0.2) is 10.9 Å². The smallest absolute Gasteiger partial charge is 0.250 e. The Hall–Kier alpha value is -2.79. The predicted octanol–water partition coefficient (Wildman–Crippen LogP) is 4.67. The van der Waals surface area contributed by atoms with E-state index in [9.17, 15) is 9.18 Å². The number of rotatable bonds is 4. The lowest BCUT2D eigenvalue weighted by molar-refractivity contribution is 0.1000. The molecule has 0 saturated carbocycles. The van der Waals surface area contributed by atoms with Gasteiger partial charge in [-0.1, -0.05) is 23.7 Å². The van der Waals surface area contributed by atoms with Crippen LogP contribution in [0.3, 0.4) is 0 Å². The van der Waals surface area contributed by atoms with Crippen molar-refractivity contribution < 1.29 is 13.9 Å². The average molecular weight is 345 g/mol. The van der Waals surface area contributed by atoms with Gasteiger partial charge in [-0.3, -0.25) is 4.79 Å². The summed E-state index contributed by atoms with van der Waals surface area (Å²) in [5.74, 6) is -0.573. The predicted molar refractivity (Wildman–Crippen MR) is 91.0 cm³/mol. The SMILES string of the molecule is Cc1[nH]c(-c2ccccc2Oc2ccc(Cl)cc2F)cc1C(N)=O. The molecule has 1 aromatic heterocycles. The van der Waals surface area contributed by atoms with Crippen molar-refractivity contribution in [3.8, 4) is 22.8 Å². The summed E-state index contributed by atoms with van der Waals surface area (Å²) in [5.41, 5.74) is 7.75. The average Bonchev–Trinajstić information content (AvgIpc) is 2.92. The largest absolute Gasteiger partial charge is 0.454 e. The summed E-state index contributed by atoms with van der Waals surface area (Å²) in [5, 5.41) is 0.291. The highest BCUT2D eigenvalue weighted by Gasteiger charge is 2.15. The van der Waals surface area contributed by atoms with Gasteiger partial charge in [0.05, 0.1) is 11.3 Å². The summed E-state index contributed by atoms with van der Waals surface area (Å²) in [6.07, 6.45) is 0. The summed E-state index contributed by atoms with van der Waals surface area (Å²) in [4.78, 5) is 14.5. The Balaban J connectivity index is 2.02. The molecule has 1 heterocycles. The Morgan fingerprint density at radius 1 is 1.17 bits per heavy atom. The quantitative estimate of drug-likeness (QED) is 0.722. The van der Waals surface area contributed by atoms with Crippen LogP contribution in [0.1, 0.15) is 16.1 Å². The van der Waals surface area contributed by atoms with E-state index in [-0.39, 0.29) is 5.75 Å². The van der Waals surface area contributed by atoms with E-state index in [0.29, 0.717) is 33.3 Å². The van der Waals surface area contributed by atoms with Crippen molar-refractivity contribution in [3.63, 3.8) is 0 Å². The van der Waals surface area contributed by atoms with Gasteiger partial charge in [0.2, 0.25) is 0 Å². The van der Waals surface area contributed by atoms with E-state index < -0.39 is 11.7 Å². The molecule has 0 atom stereocenters. The molecule has 0 aliphatic carbocycles. The molecule has 4 nitrogen and oxygen atoms in total. The number of hydrogen-bond donors (Lipinski definition) is 2. The van der Waals surface area contributed by atoms with Crippen molar-refractivity contribution in [3.05, 3.63) is 70.6 Å². The Bertz CT molecular complexity index is 921. The number of primary amides is 1. The fourth-order valence-corrected chi connectivity index (χ4v) is 2.57. The maximum Gasteiger partial charge on any atom is 0.250 e. The molecular formula is C18H14ClFN2O2. The third-order valence-electron chi connectivity index (χ3n) is 3.57. The van der Waals surface area contributed by atoms with E-state index in [0.717, 1.165) is 0 Å². The van der Waals surface area contributed by atoms with Gasteiger partial charge < -0.3 is 15.5 Å². The lowest BCUT2D eigenvalue weighted by atomic mass is 10.1. The fourth-order valence-electron chi connectivity index (χ4n) is 2.41. The second kappa shape index (κ2) is 6.37. The van der Waals surface area contributed by atoms with Crippen LogP contribution >= 0.6 is 11.6 Å². The van der Waals surface area contributed by atoms with Gasteiger partial charge in [-0.15, -0.1) is 0 Å². The number of aromatic amines is 1. The van der Waals surface area contributed by atoms with Crippen molar-refractivity contribution >= 4 is 17.5 Å². The highest BCUT2D eigenvalue weighted by atomic mass is 35.5. The minimum atomic E-state index is -0.558. The molecule has 0 fully saturated rings. The Labute approximate surface area is 143 Å². The van der Waals surface area contributed by atoms with Gasteiger partial charge >= 0.3 is 0 Å². The number of hydrogen-bond acceptors (Lipinski definition) is 2. The first kappa shape index (κ1) is 16.1. The molecule has 3 aromatic rings. The number of para-hydroxylation sites is 1. The second-order valence-electron chi connectivity index (χ2n) is 5.26. The molecule has 0 spiro atoms. The molecule has 1 amide bonds. The number of carbonyl (C=O) groups is 1. The molecule has 6 heteroatoms. The number of aromatic nitrogens is 1. The molecule has 122 valence electrons. The van der Waals surface area contributed by atoms with Crippen LogP contribution in [0, 0.1) is 12.7 Å². The van der Waals surface area contributed by atoms with Gasteiger partial charge in [0.1, 0.15) is 5.75 Å². The lowest BCUT2D eigenvalue weighted by Crippen LogP contribution is -2.10. The standard InChI is InChI=1S/C18H14ClFN2O2/c1-10-13(18(21)23)9-15(22-10)12-4-2-3-5-16(12)24-17-7-6-11(19)8-14(17)20/h2-9,22H,1H3,(H2,21,23). The third kappa shape index (κ3) is 3.12. The van der Waals surface area contributed by atoms with Crippen LogP contribution in [0.15, 0.2) is 48.5 Å². The number of ether oxygens (including phenoxy) is 1. The molecular weight excluding hydrogens is 331 g/mol. The number of nitrogens with one attached hydrogen (secondary N) is 1. The van der Waals surface area contributed by atoms with Gasteiger partial charge in [0.25, 0.3) is 5.91 Å². The Kier molecular flexibility index (Phi) is 4.27. The van der Waals surface area contributed by atoms with Crippen molar-refractivity contribution in [2.75, 3.05) is 0 Å². The monoisotopic (exact) mass is 344 g/mol. The van der Waals surface area contributed by atoms with Gasteiger partial charge in [-0.25, -0.2) is 4.39 Å². The number of halogens is 2. The van der Waals surface area contributed by atoms with E-state index in [4.69, 9.17) is 22.1 Å². The van der Waals surface area contributed by atoms with E-state index >= 15 is 0 Å². The molecule has 3 rings (SSSR count). The number of benzene rings is 2. The summed E-state index contributed by atoms with van der Waals surface area (Å²) < 4.78 is 19.7. The van der Waals surface area contributed by atoms with Crippen LogP contribution in [0.2, 0.25) is 5.02 Å². The van der Waals surface area contributed by atoms with Crippen molar-refractivity contribution in [2.45, 2.75) is 6.92 Å². The van der Waals surface area contributed by atoms with E-state index in [1.165, 1.54) is 12.1 Å². The third-order valence-corrected chi connectivity index (χ3v) is 3.81. The maximum atomic E-state index is 14.0. The van der Waals surface area contributed by atoms with Gasteiger partial charge in [-0.2, -0.15) is 0 Å². The normalized spacial score (nSPS) is 10.6. The van der Waals surface area contributed by atoms with Gasteiger partial charge in [0, 0.05) is 16.3 Å². The lowest BCUT2D eigenvalue weighted by Gasteiger charge is -2.11. The highest BCUT2D eigenvalue weighted by Crippen LogP contribution is 2.35.